The summed E-state index contributed by atoms with van der Waals surface area (Å²) in [6, 6.07) is 0. The summed E-state index contributed by atoms with van der Waals surface area (Å²) in [7, 11) is 0. The number of carbonyl (C=O) groups excluding carboxylic acids is 6. The zero-order valence-electron chi connectivity index (χ0n) is 17.0. The molecule has 0 heterocycles. The van der Waals surface area contributed by atoms with Gasteiger partial charge in [0.25, 0.3) is 0 Å². The molecule has 0 rings (SSSR count). The van der Waals surface area contributed by atoms with Crippen molar-refractivity contribution in [1.29, 1.82) is 0 Å². The van der Waals surface area contributed by atoms with Crippen molar-refractivity contribution in [3.05, 3.63) is 0 Å². The van der Waals surface area contributed by atoms with Gasteiger partial charge in [0.2, 0.25) is 0 Å². The van der Waals surface area contributed by atoms with Gasteiger partial charge >= 0.3 is 80.5 Å². The fourth-order valence-electron chi connectivity index (χ4n) is 0. The fourth-order valence-corrected chi connectivity index (χ4v) is 0. The number of hydrogen-bond acceptors (Lipinski definition) is 12. The summed E-state index contributed by atoms with van der Waals surface area (Å²) >= 11 is 0. The van der Waals surface area contributed by atoms with E-state index in [-0.39, 0.29) is 102 Å². The van der Waals surface area contributed by atoms with Gasteiger partial charge in [-0.2, -0.15) is 0 Å². The van der Waals surface area contributed by atoms with Crippen molar-refractivity contribution >= 4 is 65.4 Å². The molecule has 0 saturated heterocycles. The van der Waals surface area contributed by atoms with Crippen LogP contribution in [0.3, 0.4) is 0 Å². The molecule has 0 aliphatic heterocycles. The topological polar surface area (TPSA) is 367 Å². The van der Waals surface area contributed by atoms with Crippen LogP contribution in [0.2, 0.25) is 0 Å². The molecule has 0 atom stereocenters. The van der Waals surface area contributed by atoms with Crippen molar-refractivity contribution in [1.82, 2.24) is 0 Å². The van der Waals surface area contributed by atoms with Crippen LogP contribution in [0.15, 0.2) is 0 Å². The average molecular weight is 619 g/mol. The Morgan fingerprint density at radius 1 is 0.375 bits per heavy atom. The quantitative estimate of drug-likeness (QED) is 0.228. The van der Waals surface area contributed by atoms with Gasteiger partial charge < -0.3 is 81.3 Å². The molecule has 3 radical (unpaired) electrons. The predicted molar refractivity (Wildman–Crippen MR) is 85.7 cm³/mol. The molecule has 195 valence electrons. The first-order valence-corrected chi connectivity index (χ1v) is 5.45. The van der Waals surface area contributed by atoms with Crippen LogP contribution in [0.1, 0.15) is 41.5 Å². The summed E-state index contributed by atoms with van der Waals surface area (Å²) < 4.78 is 0. The molecular formula is C12H27CoMn2NaO16. The van der Waals surface area contributed by atoms with Gasteiger partial charge in [0.05, 0.1) is 0 Å². The van der Waals surface area contributed by atoms with Crippen molar-refractivity contribution in [3.63, 3.8) is 0 Å². The Morgan fingerprint density at radius 3 is 0.375 bits per heavy atom. The Labute approximate surface area is 237 Å². The van der Waals surface area contributed by atoms with Crippen LogP contribution in [0.25, 0.3) is 0 Å². The third-order valence-electron chi connectivity index (χ3n) is 0. The first-order valence-electron chi connectivity index (χ1n) is 5.45. The van der Waals surface area contributed by atoms with E-state index in [0.29, 0.717) is 0 Å². The third-order valence-corrected chi connectivity index (χ3v) is 0. The number of carboxylic acids is 6. The minimum absolute atomic E-state index is 0. The van der Waals surface area contributed by atoms with Crippen LogP contribution in [0, 0.1) is 0 Å². The van der Waals surface area contributed by atoms with Crippen molar-refractivity contribution in [2.75, 3.05) is 0 Å². The molecule has 20 heteroatoms. The van der Waals surface area contributed by atoms with Crippen LogP contribution < -0.4 is 30.6 Å². The van der Waals surface area contributed by atoms with Crippen molar-refractivity contribution in [3.8, 4) is 0 Å². The van der Waals surface area contributed by atoms with Gasteiger partial charge in [0.15, 0.2) is 0 Å². The second-order valence-electron chi connectivity index (χ2n) is 2.95. The van der Waals surface area contributed by atoms with Crippen LogP contribution >= 0.6 is 0 Å². The Kier molecular flexibility index (Phi) is 262. The molecule has 16 nitrogen and oxygen atoms in total. The number of carboxylic acid groups (broad SMARTS) is 6. The Morgan fingerprint density at radius 2 is 0.375 bits per heavy atom. The molecule has 0 fully saturated rings. The van der Waals surface area contributed by atoms with Gasteiger partial charge in [-0.05, 0) is 41.5 Å². The molecule has 0 aromatic carbocycles. The Hall–Kier alpha value is -0.795. The number of carbonyl (C=O) groups is 6. The Balaban J connectivity index is -0.00000000964. The molecule has 32 heavy (non-hydrogen) atoms. The van der Waals surface area contributed by atoms with Crippen molar-refractivity contribution < 1.29 is 132 Å². The van der Waals surface area contributed by atoms with E-state index in [4.69, 9.17) is 59.4 Å². The van der Waals surface area contributed by atoms with Crippen molar-refractivity contribution in [2.24, 2.45) is 0 Å². The monoisotopic (exact) mass is 619 g/mol. The normalized spacial score (nSPS) is 4.69. The molecule has 0 spiro atoms. The Bertz CT molecular complexity index is 282. The zero-order chi connectivity index (χ0) is 21.5. The van der Waals surface area contributed by atoms with E-state index >= 15 is 0 Å². The summed E-state index contributed by atoms with van der Waals surface area (Å²) in [5.74, 6) is -6.50. The molecular weight excluding hydrogens is 592 g/mol. The molecule has 0 aromatic heterocycles. The van der Waals surface area contributed by atoms with Crippen LogP contribution in [-0.2, 0) is 79.7 Å². The van der Waals surface area contributed by atoms with E-state index in [1.54, 1.807) is 0 Å². The van der Waals surface area contributed by atoms with Gasteiger partial charge in [-0.3, -0.25) is 0 Å². The molecule has 0 amide bonds. The molecule has 0 bridgehead atoms. The van der Waals surface area contributed by atoms with Gasteiger partial charge in [0, 0.05) is 35.8 Å². The second-order valence-corrected chi connectivity index (χ2v) is 2.95. The van der Waals surface area contributed by atoms with E-state index in [1.165, 1.54) is 0 Å². The first-order chi connectivity index (χ1) is 10.4. The zero-order valence-corrected chi connectivity index (χ0v) is 20.4. The van der Waals surface area contributed by atoms with E-state index in [0.717, 1.165) is 41.5 Å². The number of hydrogen-bond donors (Lipinski definition) is 0. The van der Waals surface area contributed by atoms with E-state index in [9.17, 15) is 0 Å². The maximum absolute atomic E-state index is 8.89. The molecule has 8 N–H and O–H groups in total. The summed E-state index contributed by atoms with van der Waals surface area (Å²) in [6.45, 7) is 5.83. The summed E-state index contributed by atoms with van der Waals surface area (Å²) in [5, 5.41) is 53.3. The summed E-state index contributed by atoms with van der Waals surface area (Å²) in [4.78, 5) is 53.3. The van der Waals surface area contributed by atoms with Crippen molar-refractivity contribution in [2.45, 2.75) is 41.5 Å². The minimum atomic E-state index is -1.08. The predicted octanol–water partition coefficient (Wildman–Crippen LogP) is -11.4. The van der Waals surface area contributed by atoms with Crippen LogP contribution in [-0.4, -0.2) is 87.3 Å². The average Bonchev–Trinajstić information content (AvgIpc) is 2.08. The molecule has 0 aliphatic carbocycles. The van der Waals surface area contributed by atoms with Gasteiger partial charge in [-0.25, -0.2) is 0 Å². The molecule has 0 unspecified atom stereocenters. The number of rotatable bonds is 0. The first kappa shape index (κ1) is 96.2. The van der Waals surface area contributed by atoms with Crippen LogP contribution in [0.4, 0.5) is 0 Å². The standard InChI is InChI=1S/6C2H4O2.Co.2Mn.Na.4H2O.H/c6*1-2(3)4;;;;;;;;;/h6*1H3,(H,3,4);;;;;4*1H2;/q;;;;;;3*+2;;;;;;/p-6. The van der Waals surface area contributed by atoms with Gasteiger partial charge in [0.1, 0.15) is 0 Å². The maximum atomic E-state index is 8.89. The SMILES string of the molecule is CC(=O)[O-].CC(=O)[O-].CC(=O)[O-].CC(=O)[O-].CC(=O)[O-].CC(=O)[O-].O.O.O.O.[Co+2].[Mn+2].[Mn+2].[NaH]. The molecule has 0 saturated carbocycles. The third kappa shape index (κ3) is 36800. The fraction of sp³-hybridized carbons (Fsp3) is 0.500. The van der Waals surface area contributed by atoms with E-state index in [2.05, 4.69) is 0 Å². The van der Waals surface area contributed by atoms with E-state index < -0.39 is 35.8 Å². The summed E-state index contributed by atoms with van der Waals surface area (Å²) in [6.07, 6.45) is 0. The molecule has 0 aliphatic rings. The second kappa shape index (κ2) is 87.0. The van der Waals surface area contributed by atoms with Gasteiger partial charge in [-0.15, -0.1) is 0 Å². The van der Waals surface area contributed by atoms with Crippen LogP contribution in [0.5, 0.6) is 0 Å². The number of aliphatic carboxylic acids is 6. The molecule has 0 aromatic rings. The van der Waals surface area contributed by atoms with Gasteiger partial charge in [-0.1, -0.05) is 0 Å². The summed E-state index contributed by atoms with van der Waals surface area (Å²) in [5.41, 5.74) is 0. The van der Waals surface area contributed by atoms with E-state index in [1.807, 2.05) is 0 Å².